The summed E-state index contributed by atoms with van der Waals surface area (Å²) in [5.74, 6) is 1.52. The topological polar surface area (TPSA) is 59.2 Å². The van der Waals surface area contributed by atoms with Gasteiger partial charge in [-0.05, 0) is 19.9 Å². The van der Waals surface area contributed by atoms with Crippen molar-refractivity contribution in [1.29, 1.82) is 0 Å². The third kappa shape index (κ3) is 1.89. The SMILES string of the molecule is Cc1cc(C(O)c2cncnc2)c(C)o1. The molecule has 0 radical (unpaired) electrons. The highest BCUT2D eigenvalue weighted by Gasteiger charge is 2.16. The molecule has 15 heavy (non-hydrogen) atoms. The van der Waals surface area contributed by atoms with Crippen LogP contribution >= 0.6 is 0 Å². The summed E-state index contributed by atoms with van der Waals surface area (Å²) in [5, 5.41) is 10.0. The summed E-state index contributed by atoms with van der Waals surface area (Å²) < 4.78 is 5.36. The second-order valence-electron chi connectivity index (χ2n) is 3.44. The number of aliphatic hydroxyl groups is 1. The molecule has 1 N–H and O–H groups in total. The number of aryl methyl sites for hydroxylation is 2. The molecule has 0 fully saturated rings. The molecule has 0 aromatic carbocycles. The molecule has 2 rings (SSSR count). The zero-order valence-corrected chi connectivity index (χ0v) is 8.64. The average Bonchev–Trinajstić information content (AvgIpc) is 2.58. The van der Waals surface area contributed by atoms with E-state index in [0.29, 0.717) is 5.56 Å². The molecule has 0 aliphatic carbocycles. The van der Waals surface area contributed by atoms with Crippen LogP contribution in [-0.2, 0) is 0 Å². The van der Waals surface area contributed by atoms with Gasteiger partial charge in [0.1, 0.15) is 24.0 Å². The zero-order valence-electron chi connectivity index (χ0n) is 8.64. The van der Waals surface area contributed by atoms with Crippen molar-refractivity contribution in [3.8, 4) is 0 Å². The number of hydrogen-bond donors (Lipinski definition) is 1. The van der Waals surface area contributed by atoms with Crippen LogP contribution in [0.25, 0.3) is 0 Å². The molecule has 0 aliphatic heterocycles. The second kappa shape index (κ2) is 3.82. The molecule has 1 unspecified atom stereocenters. The van der Waals surface area contributed by atoms with Crippen molar-refractivity contribution in [2.75, 3.05) is 0 Å². The maximum atomic E-state index is 10.0. The van der Waals surface area contributed by atoms with Crippen molar-refractivity contribution in [3.05, 3.63) is 47.4 Å². The van der Waals surface area contributed by atoms with Gasteiger partial charge in [-0.2, -0.15) is 0 Å². The van der Waals surface area contributed by atoms with Crippen molar-refractivity contribution in [2.24, 2.45) is 0 Å². The Morgan fingerprint density at radius 2 is 1.93 bits per heavy atom. The van der Waals surface area contributed by atoms with Crippen LogP contribution in [0, 0.1) is 13.8 Å². The lowest BCUT2D eigenvalue weighted by Gasteiger charge is -2.08. The summed E-state index contributed by atoms with van der Waals surface area (Å²) in [6.07, 6.45) is 3.91. The molecule has 2 aromatic heterocycles. The van der Waals surface area contributed by atoms with Crippen molar-refractivity contribution < 1.29 is 9.52 Å². The molecule has 0 spiro atoms. The third-order valence-electron chi connectivity index (χ3n) is 2.27. The van der Waals surface area contributed by atoms with Gasteiger partial charge in [0.2, 0.25) is 0 Å². The number of hydrogen-bond acceptors (Lipinski definition) is 4. The molecular formula is C11H12N2O2. The van der Waals surface area contributed by atoms with Crippen LogP contribution in [0.15, 0.2) is 29.2 Å². The van der Waals surface area contributed by atoms with E-state index in [4.69, 9.17) is 4.42 Å². The van der Waals surface area contributed by atoms with Crippen LogP contribution in [0.3, 0.4) is 0 Å². The minimum Gasteiger partial charge on any atom is -0.466 e. The molecular weight excluding hydrogens is 192 g/mol. The molecule has 0 aliphatic rings. The highest BCUT2D eigenvalue weighted by molar-refractivity contribution is 5.29. The normalized spacial score (nSPS) is 12.7. The summed E-state index contributed by atoms with van der Waals surface area (Å²) in [6.45, 7) is 3.68. The number of nitrogens with zero attached hydrogens (tertiary/aromatic N) is 2. The van der Waals surface area contributed by atoms with E-state index in [1.54, 1.807) is 12.4 Å². The Bertz CT molecular complexity index is 451. The lowest BCUT2D eigenvalue weighted by Crippen LogP contribution is -2.00. The molecule has 2 heterocycles. The van der Waals surface area contributed by atoms with E-state index < -0.39 is 6.10 Å². The number of rotatable bonds is 2. The Kier molecular flexibility index (Phi) is 2.51. The van der Waals surface area contributed by atoms with Crippen molar-refractivity contribution in [1.82, 2.24) is 9.97 Å². The lowest BCUT2D eigenvalue weighted by molar-refractivity contribution is 0.217. The van der Waals surface area contributed by atoms with Gasteiger partial charge in [0.15, 0.2) is 0 Å². The van der Waals surface area contributed by atoms with E-state index in [-0.39, 0.29) is 0 Å². The summed E-state index contributed by atoms with van der Waals surface area (Å²) >= 11 is 0. The Morgan fingerprint density at radius 1 is 1.27 bits per heavy atom. The predicted molar refractivity (Wildman–Crippen MR) is 54.3 cm³/mol. The fourth-order valence-electron chi connectivity index (χ4n) is 1.55. The summed E-state index contributed by atoms with van der Waals surface area (Å²) in [4.78, 5) is 7.73. The second-order valence-corrected chi connectivity index (χ2v) is 3.44. The van der Waals surface area contributed by atoms with E-state index in [0.717, 1.165) is 17.1 Å². The van der Waals surface area contributed by atoms with Gasteiger partial charge in [-0.1, -0.05) is 0 Å². The molecule has 78 valence electrons. The van der Waals surface area contributed by atoms with E-state index in [9.17, 15) is 5.11 Å². The van der Waals surface area contributed by atoms with Crippen LogP contribution in [0.4, 0.5) is 0 Å². The highest BCUT2D eigenvalue weighted by Crippen LogP contribution is 2.26. The van der Waals surface area contributed by atoms with Gasteiger partial charge >= 0.3 is 0 Å². The molecule has 4 heteroatoms. The first kappa shape index (κ1) is 9.86. The first-order valence-corrected chi connectivity index (χ1v) is 4.68. The highest BCUT2D eigenvalue weighted by atomic mass is 16.3. The van der Waals surface area contributed by atoms with Crippen LogP contribution in [-0.4, -0.2) is 15.1 Å². The maximum Gasteiger partial charge on any atom is 0.115 e. The van der Waals surface area contributed by atoms with Gasteiger partial charge in [-0.3, -0.25) is 0 Å². The smallest absolute Gasteiger partial charge is 0.115 e. The number of furan rings is 1. The van der Waals surface area contributed by atoms with Crippen LogP contribution < -0.4 is 0 Å². The van der Waals surface area contributed by atoms with Crippen LogP contribution in [0.1, 0.15) is 28.8 Å². The van der Waals surface area contributed by atoms with Gasteiger partial charge < -0.3 is 9.52 Å². The number of aromatic nitrogens is 2. The number of aliphatic hydroxyl groups excluding tert-OH is 1. The molecule has 2 aromatic rings. The van der Waals surface area contributed by atoms with Crippen LogP contribution in [0.2, 0.25) is 0 Å². The van der Waals surface area contributed by atoms with Crippen molar-refractivity contribution in [3.63, 3.8) is 0 Å². The maximum absolute atomic E-state index is 10.0. The molecule has 0 bridgehead atoms. The Labute approximate surface area is 87.6 Å². The van der Waals surface area contributed by atoms with Gasteiger partial charge in [0.25, 0.3) is 0 Å². The summed E-state index contributed by atoms with van der Waals surface area (Å²) in [7, 11) is 0. The lowest BCUT2D eigenvalue weighted by atomic mass is 10.1. The largest absolute Gasteiger partial charge is 0.466 e. The van der Waals surface area contributed by atoms with Gasteiger partial charge in [0, 0.05) is 23.5 Å². The van der Waals surface area contributed by atoms with E-state index in [1.165, 1.54) is 6.33 Å². The van der Waals surface area contributed by atoms with Crippen molar-refractivity contribution in [2.45, 2.75) is 20.0 Å². The van der Waals surface area contributed by atoms with E-state index >= 15 is 0 Å². The van der Waals surface area contributed by atoms with Crippen molar-refractivity contribution >= 4 is 0 Å². The van der Waals surface area contributed by atoms with Gasteiger partial charge in [-0.15, -0.1) is 0 Å². The Morgan fingerprint density at radius 3 is 2.47 bits per heavy atom. The minimum absolute atomic E-state index is 0.668. The van der Waals surface area contributed by atoms with E-state index in [2.05, 4.69) is 9.97 Å². The zero-order chi connectivity index (χ0) is 10.8. The molecule has 1 atom stereocenters. The molecule has 0 saturated carbocycles. The predicted octanol–water partition coefficient (Wildman–Crippen LogP) is 1.77. The van der Waals surface area contributed by atoms with E-state index in [1.807, 2.05) is 19.9 Å². The fourth-order valence-corrected chi connectivity index (χ4v) is 1.55. The Hall–Kier alpha value is -1.68. The minimum atomic E-state index is -0.719. The summed E-state index contributed by atoms with van der Waals surface area (Å²) in [5.41, 5.74) is 1.43. The van der Waals surface area contributed by atoms with Gasteiger partial charge in [0.05, 0.1) is 0 Å². The first-order chi connectivity index (χ1) is 7.18. The first-order valence-electron chi connectivity index (χ1n) is 4.68. The quantitative estimate of drug-likeness (QED) is 0.809. The standard InChI is InChI=1S/C11H12N2O2/c1-7-3-10(8(2)15-7)11(14)9-4-12-6-13-5-9/h3-6,11,14H,1-2H3. The molecule has 4 nitrogen and oxygen atoms in total. The monoisotopic (exact) mass is 204 g/mol. The molecule has 0 saturated heterocycles. The average molecular weight is 204 g/mol. The molecule has 0 amide bonds. The third-order valence-corrected chi connectivity index (χ3v) is 2.27. The summed E-state index contributed by atoms with van der Waals surface area (Å²) in [6, 6.07) is 1.83. The van der Waals surface area contributed by atoms with Crippen LogP contribution in [0.5, 0.6) is 0 Å². The fraction of sp³-hybridized carbons (Fsp3) is 0.273. The Balaban J connectivity index is 2.36. The van der Waals surface area contributed by atoms with Gasteiger partial charge in [-0.25, -0.2) is 9.97 Å².